The van der Waals surface area contributed by atoms with Crippen LogP contribution >= 0.6 is 0 Å². The first-order chi connectivity index (χ1) is 12.5. The van der Waals surface area contributed by atoms with Gasteiger partial charge in [0.1, 0.15) is 0 Å². The van der Waals surface area contributed by atoms with Gasteiger partial charge in [0, 0.05) is 25.2 Å². The van der Waals surface area contributed by atoms with Crippen molar-refractivity contribution >= 4 is 0 Å². The molecule has 2 aromatic heterocycles. The lowest BCUT2D eigenvalue weighted by Crippen LogP contribution is -2.21. The van der Waals surface area contributed by atoms with Crippen LogP contribution in [-0.4, -0.2) is 42.1 Å². The van der Waals surface area contributed by atoms with Crippen LogP contribution in [0.2, 0.25) is 0 Å². The molecule has 0 aliphatic rings. The molecule has 0 aliphatic heterocycles. The molecule has 0 fully saturated rings. The Balaban J connectivity index is 1.67. The van der Waals surface area contributed by atoms with Crippen LogP contribution in [0, 0.1) is 0 Å². The van der Waals surface area contributed by atoms with E-state index < -0.39 is 0 Å². The molecule has 8 nitrogen and oxygen atoms in total. The Kier molecular flexibility index (Phi) is 5.75. The molecule has 0 radical (unpaired) electrons. The Morgan fingerprint density at radius 1 is 0.731 bits per heavy atom. The van der Waals surface area contributed by atoms with Crippen molar-refractivity contribution in [3.8, 4) is 11.4 Å². The molecule has 3 rings (SSSR count). The van der Waals surface area contributed by atoms with Crippen molar-refractivity contribution in [1.82, 2.24) is 40.6 Å². The van der Waals surface area contributed by atoms with Gasteiger partial charge in [0.25, 0.3) is 0 Å². The molecule has 3 aromatic rings. The molecule has 138 valence electrons. The van der Waals surface area contributed by atoms with Crippen LogP contribution in [-0.2, 0) is 13.1 Å². The van der Waals surface area contributed by atoms with Crippen LogP contribution in [0.4, 0.5) is 0 Å². The lowest BCUT2D eigenvalue weighted by atomic mass is 10.3. The topological polar surface area (TPSA) is 85.5 Å². The quantitative estimate of drug-likeness (QED) is 0.642. The number of nitrogens with one attached hydrogen (secondary N) is 2. The Hall–Kier alpha value is -2.58. The van der Waals surface area contributed by atoms with Crippen molar-refractivity contribution in [3.05, 3.63) is 48.0 Å². The minimum Gasteiger partial charge on any atom is -0.309 e. The van der Waals surface area contributed by atoms with Crippen LogP contribution in [0.5, 0.6) is 0 Å². The fraction of sp³-hybridized carbons (Fsp3) is 0.444. The molecular weight excluding hydrogens is 328 g/mol. The maximum absolute atomic E-state index is 4.20. The zero-order chi connectivity index (χ0) is 18.5. The third-order valence-corrected chi connectivity index (χ3v) is 3.84. The SMILES string of the molecule is CC(C)NCc1cn(-c2ccc(-n3cc(CNC(C)C)nn3)cc2)nn1. The van der Waals surface area contributed by atoms with E-state index in [4.69, 9.17) is 0 Å². The third-order valence-electron chi connectivity index (χ3n) is 3.84. The summed E-state index contributed by atoms with van der Waals surface area (Å²) in [5, 5.41) is 23.5. The predicted octanol–water partition coefficient (Wildman–Crippen LogP) is 1.84. The normalized spacial score (nSPS) is 11.6. The van der Waals surface area contributed by atoms with Crippen LogP contribution < -0.4 is 10.6 Å². The summed E-state index contributed by atoms with van der Waals surface area (Å²) in [5.74, 6) is 0. The van der Waals surface area contributed by atoms with Crippen molar-refractivity contribution in [1.29, 1.82) is 0 Å². The molecule has 26 heavy (non-hydrogen) atoms. The molecule has 0 saturated carbocycles. The monoisotopic (exact) mass is 354 g/mol. The average molecular weight is 354 g/mol. The van der Waals surface area contributed by atoms with Crippen LogP contribution in [0.15, 0.2) is 36.7 Å². The number of hydrogen-bond donors (Lipinski definition) is 2. The molecule has 2 N–H and O–H groups in total. The third kappa shape index (κ3) is 4.74. The van der Waals surface area contributed by atoms with Crippen molar-refractivity contribution in [2.75, 3.05) is 0 Å². The smallest absolute Gasteiger partial charge is 0.0969 e. The first-order valence-corrected chi connectivity index (χ1v) is 8.91. The summed E-state index contributed by atoms with van der Waals surface area (Å²) in [6, 6.07) is 8.83. The Morgan fingerprint density at radius 2 is 1.12 bits per heavy atom. The highest BCUT2D eigenvalue weighted by molar-refractivity contribution is 5.40. The van der Waals surface area contributed by atoms with Gasteiger partial charge in [-0.25, -0.2) is 9.36 Å². The largest absolute Gasteiger partial charge is 0.309 e. The van der Waals surface area contributed by atoms with Gasteiger partial charge in [-0.3, -0.25) is 0 Å². The summed E-state index contributed by atoms with van der Waals surface area (Å²) in [7, 11) is 0. The van der Waals surface area contributed by atoms with E-state index in [0.29, 0.717) is 25.2 Å². The van der Waals surface area contributed by atoms with E-state index in [-0.39, 0.29) is 0 Å². The van der Waals surface area contributed by atoms with E-state index in [1.165, 1.54) is 0 Å². The number of aromatic nitrogens is 6. The van der Waals surface area contributed by atoms with Crippen LogP contribution in [0.3, 0.4) is 0 Å². The highest BCUT2D eigenvalue weighted by Gasteiger charge is 2.06. The molecular formula is C18H26N8. The van der Waals surface area contributed by atoms with Gasteiger partial charge in [0.15, 0.2) is 0 Å². The zero-order valence-corrected chi connectivity index (χ0v) is 15.7. The maximum Gasteiger partial charge on any atom is 0.0969 e. The second-order valence-electron chi connectivity index (χ2n) is 6.90. The van der Waals surface area contributed by atoms with Crippen LogP contribution in [0.25, 0.3) is 11.4 Å². The van der Waals surface area contributed by atoms with Crippen LogP contribution in [0.1, 0.15) is 39.1 Å². The summed E-state index contributed by atoms with van der Waals surface area (Å²) >= 11 is 0. The average Bonchev–Trinajstić information content (AvgIpc) is 3.28. The van der Waals surface area contributed by atoms with Gasteiger partial charge >= 0.3 is 0 Å². The van der Waals surface area contributed by atoms with Crippen molar-refractivity contribution < 1.29 is 0 Å². The number of rotatable bonds is 8. The van der Waals surface area contributed by atoms with E-state index in [1.54, 1.807) is 9.36 Å². The van der Waals surface area contributed by atoms with Gasteiger partial charge < -0.3 is 10.6 Å². The summed E-state index contributed by atoms with van der Waals surface area (Å²) < 4.78 is 3.56. The molecule has 0 saturated heterocycles. The summed E-state index contributed by atoms with van der Waals surface area (Å²) in [5.41, 5.74) is 3.75. The van der Waals surface area contributed by atoms with Gasteiger partial charge in [0.2, 0.25) is 0 Å². The molecule has 8 heteroatoms. The summed E-state index contributed by atoms with van der Waals surface area (Å²) in [6.07, 6.45) is 3.88. The number of hydrogen-bond acceptors (Lipinski definition) is 6. The fourth-order valence-corrected chi connectivity index (χ4v) is 2.39. The molecule has 0 aliphatic carbocycles. The highest BCUT2D eigenvalue weighted by atomic mass is 15.4. The first-order valence-electron chi connectivity index (χ1n) is 8.91. The molecule has 0 unspecified atom stereocenters. The molecule has 2 heterocycles. The van der Waals surface area contributed by atoms with E-state index in [0.717, 1.165) is 22.8 Å². The minimum atomic E-state index is 0.419. The molecule has 0 atom stereocenters. The van der Waals surface area contributed by atoms with Crippen molar-refractivity contribution in [2.24, 2.45) is 0 Å². The molecule has 1 aromatic carbocycles. The Morgan fingerprint density at radius 3 is 1.46 bits per heavy atom. The fourth-order valence-electron chi connectivity index (χ4n) is 2.39. The van der Waals surface area contributed by atoms with Gasteiger partial charge in [0.05, 0.1) is 35.2 Å². The van der Waals surface area contributed by atoms with Gasteiger partial charge in [-0.05, 0) is 24.3 Å². The van der Waals surface area contributed by atoms with E-state index >= 15 is 0 Å². The highest BCUT2D eigenvalue weighted by Crippen LogP contribution is 2.12. The van der Waals surface area contributed by atoms with Gasteiger partial charge in [-0.15, -0.1) is 10.2 Å². The predicted molar refractivity (Wildman–Crippen MR) is 100 cm³/mol. The lowest BCUT2D eigenvalue weighted by molar-refractivity contribution is 0.580. The zero-order valence-electron chi connectivity index (χ0n) is 15.7. The van der Waals surface area contributed by atoms with Crippen molar-refractivity contribution in [3.63, 3.8) is 0 Å². The maximum atomic E-state index is 4.20. The van der Waals surface area contributed by atoms with Gasteiger partial charge in [-0.2, -0.15) is 0 Å². The van der Waals surface area contributed by atoms with E-state index in [1.807, 2.05) is 36.7 Å². The number of benzene rings is 1. The minimum absolute atomic E-state index is 0.419. The number of nitrogens with zero attached hydrogens (tertiary/aromatic N) is 6. The Labute approximate surface area is 153 Å². The summed E-state index contributed by atoms with van der Waals surface area (Å²) in [4.78, 5) is 0. The molecule has 0 amide bonds. The second kappa shape index (κ2) is 8.20. The second-order valence-corrected chi connectivity index (χ2v) is 6.90. The lowest BCUT2D eigenvalue weighted by Gasteiger charge is -2.05. The Bertz CT molecular complexity index is 747. The molecule has 0 bridgehead atoms. The standard InChI is InChI=1S/C18H26N8/c1-13(2)19-9-15-11-25(23-21-15)17-5-7-18(8-6-17)26-12-16(22-24-26)10-20-14(3)4/h5-8,11-14,19-20H,9-10H2,1-4H3. The summed E-state index contributed by atoms with van der Waals surface area (Å²) in [6.45, 7) is 9.86. The van der Waals surface area contributed by atoms with Crippen molar-refractivity contribution in [2.45, 2.75) is 52.9 Å². The van der Waals surface area contributed by atoms with Gasteiger partial charge in [-0.1, -0.05) is 38.1 Å². The van der Waals surface area contributed by atoms with E-state index in [2.05, 4.69) is 59.0 Å². The van der Waals surface area contributed by atoms with E-state index in [9.17, 15) is 0 Å². The molecule has 0 spiro atoms. The first kappa shape index (κ1) is 18.2.